The topological polar surface area (TPSA) is 45.0 Å². The van der Waals surface area contributed by atoms with Crippen LogP contribution in [0.15, 0.2) is 24.3 Å². The van der Waals surface area contributed by atoms with Gasteiger partial charge in [-0.05, 0) is 37.5 Å². The molecule has 0 spiro atoms. The van der Waals surface area contributed by atoms with E-state index in [9.17, 15) is 0 Å². The molecule has 0 aromatic heterocycles. The minimum atomic E-state index is 0.107. The number of nitriles is 1. The highest BCUT2D eigenvalue weighted by atomic mass is 16.5. The molecule has 1 aromatic carbocycles. The zero-order chi connectivity index (χ0) is 11.4. The molecule has 1 saturated carbocycles. The van der Waals surface area contributed by atoms with Crippen molar-refractivity contribution in [3.05, 3.63) is 29.8 Å². The average molecular weight is 216 g/mol. The first-order valence-corrected chi connectivity index (χ1v) is 5.56. The quantitative estimate of drug-likeness (QED) is 0.821. The molecule has 2 rings (SSSR count). The number of nitrogens with zero attached hydrogens (tertiary/aromatic N) is 1. The Morgan fingerprint density at radius 3 is 2.62 bits per heavy atom. The summed E-state index contributed by atoms with van der Waals surface area (Å²) < 4.78 is 5.19. The third-order valence-corrected chi connectivity index (χ3v) is 2.95. The predicted octanol–water partition coefficient (Wildman–Crippen LogP) is 2.23. The maximum Gasteiger partial charge on any atom is 0.174 e. The van der Waals surface area contributed by atoms with Crippen molar-refractivity contribution in [2.24, 2.45) is 0 Å². The molecule has 0 saturated heterocycles. The molecule has 0 atom stereocenters. The lowest BCUT2D eigenvalue weighted by Gasteiger charge is -2.11. The Bertz CT molecular complexity index is 387. The zero-order valence-corrected chi connectivity index (χ0v) is 9.49. The number of benzene rings is 1. The van der Waals surface area contributed by atoms with E-state index >= 15 is 0 Å². The maximum atomic E-state index is 8.38. The van der Waals surface area contributed by atoms with Crippen molar-refractivity contribution in [3.8, 4) is 11.8 Å². The summed E-state index contributed by atoms with van der Waals surface area (Å²) in [4.78, 5) is 0. The van der Waals surface area contributed by atoms with Crippen molar-refractivity contribution in [1.29, 1.82) is 5.26 Å². The molecule has 3 nitrogen and oxygen atoms in total. The maximum absolute atomic E-state index is 8.38. The normalized spacial score (nSPS) is 16.5. The summed E-state index contributed by atoms with van der Waals surface area (Å²) in [6.07, 6.45) is 2.55. The van der Waals surface area contributed by atoms with Gasteiger partial charge in [-0.3, -0.25) is 0 Å². The monoisotopic (exact) mass is 216 g/mol. The fourth-order valence-corrected chi connectivity index (χ4v) is 1.50. The third-order valence-electron chi connectivity index (χ3n) is 2.95. The van der Waals surface area contributed by atoms with Crippen LogP contribution in [0.4, 0.5) is 0 Å². The highest BCUT2D eigenvalue weighted by Crippen LogP contribution is 2.34. The summed E-state index contributed by atoms with van der Waals surface area (Å²) in [7, 11) is 0. The van der Waals surface area contributed by atoms with Gasteiger partial charge in [-0.15, -0.1) is 0 Å². The van der Waals surface area contributed by atoms with E-state index in [1.807, 2.05) is 30.3 Å². The molecular weight excluding hydrogens is 200 g/mol. The second-order valence-corrected chi connectivity index (χ2v) is 4.50. The highest BCUT2D eigenvalue weighted by Gasteiger charge is 2.36. The summed E-state index contributed by atoms with van der Waals surface area (Å²) >= 11 is 0. The summed E-state index contributed by atoms with van der Waals surface area (Å²) in [5.74, 6) is 0.753. The van der Waals surface area contributed by atoms with E-state index in [0.29, 0.717) is 5.54 Å². The fraction of sp³-hybridized carbons (Fsp3) is 0.462. The SMILES string of the molecule is CC1(NCc2ccc(OCC#N)cc2)CC1. The smallest absolute Gasteiger partial charge is 0.174 e. The lowest BCUT2D eigenvalue weighted by molar-refractivity contribution is 0.368. The molecule has 0 bridgehead atoms. The first kappa shape index (κ1) is 11.0. The molecule has 1 N–H and O–H groups in total. The van der Waals surface area contributed by atoms with Crippen LogP contribution >= 0.6 is 0 Å². The predicted molar refractivity (Wildman–Crippen MR) is 62.0 cm³/mol. The Hall–Kier alpha value is -1.53. The molecule has 84 valence electrons. The number of nitrogens with one attached hydrogen (secondary N) is 1. The van der Waals surface area contributed by atoms with Gasteiger partial charge in [0.05, 0.1) is 0 Å². The van der Waals surface area contributed by atoms with Crippen molar-refractivity contribution in [3.63, 3.8) is 0 Å². The Kier molecular flexibility index (Phi) is 3.12. The molecule has 16 heavy (non-hydrogen) atoms. The number of hydrogen-bond donors (Lipinski definition) is 1. The molecule has 0 unspecified atom stereocenters. The fourth-order valence-electron chi connectivity index (χ4n) is 1.50. The molecule has 0 aliphatic heterocycles. The van der Waals surface area contributed by atoms with Gasteiger partial charge in [0.2, 0.25) is 0 Å². The molecular formula is C13H16N2O. The second kappa shape index (κ2) is 4.54. The van der Waals surface area contributed by atoms with Gasteiger partial charge in [0.15, 0.2) is 6.61 Å². The summed E-state index contributed by atoms with van der Waals surface area (Å²) in [6, 6.07) is 9.83. The largest absolute Gasteiger partial charge is 0.479 e. The van der Waals surface area contributed by atoms with Crippen molar-refractivity contribution in [1.82, 2.24) is 5.32 Å². The average Bonchev–Trinajstić information content (AvgIpc) is 3.04. The number of hydrogen-bond acceptors (Lipinski definition) is 3. The molecule has 1 aliphatic carbocycles. The van der Waals surface area contributed by atoms with Crippen molar-refractivity contribution < 1.29 is 4.74 Å². The lowest BCUT2D eigenvalue weighted by atomic mass is 10.2. The Balaban J connectivity index is 1.84. The molecule has 0 heterocycles. The van der Waals surface area contributed by atoms with Gasteiger partial charge in [-0.25, -0.2) is 0 Å². The van der Waals surface area contributed by atoms with Crippen LogP contribution in [-0.2, 0) is 6.54 Å². The van der Waals surface area contributed by atoms with Crippen LogP contribution in [0.2, 0.25) is 0 Å². The van der Waals surface area contributed by atoms with Gasteiger partial charge in [0.1, 0.15) is 11.8 Å². The minimum Gasteiger partial charge on any atom is -0.479 e. The lowest BCUT2D eigenvalue weighted by Crippen LogP contribution is -2.26. The van der Waals surface area contributed by atoms with Crippen LogP contribution in [0.25, 0.3) is 0 Å². The van der Waals surface area contributed by atoms with Crippen LogP contribution in [0.1, 0.15) is 25.3 Å². The van der Waals surface area contributed by atoms with Gasteiger partial charge in [-0.2, -0.15) is 5.26 Å². The summed E-state index contributed by atoms with van der Waals surface area (Å²) in [5, 5.41) is 11.9. The van der Waals surface area contributed by atoms with Gasteiger partial charge in [-0.1, -0.05) is 12.1 Å². The Labute approximate surface area is 96.0 Å². The summed E-state index contributed by atoms with van der Waals surface area (Å²) in [5.41, 5.74) is 1.62. The van der Waals surface area contributed by atoms with Crippen LogP contribution in [-0.4, -0.2) is 12.1 Å². The number of rotatable bonds is 5. The van der Waals surface area contributed by atoms with Gasteiger partial charge >= 0.3 is 0 Å². The van der Waals surface area contributed by atoms with Crippen molar-refractivity contribution >= 4 is 0 Å². The molecule has 3 heteroatoms. The van der Waals surface area contributed by atoms with E-state index < -0.39 is 0 Å². The third kappa shape index (κ3) is 2.98. The zero-order valence-electron chi connectivity index (χ0n) is 9.49. The Morgan fingerprint density at radius 2 is 2.06 bits per heavy atom. The van der Waals surface area contributed by atoms with Crippen LogP contribution < -0.4 is 10.1 Å². The van der Waals surface area contributed by atoms with E-state index in [2.05, 4.69) is 12.2 Å². The van der Waals surface area contributed by atoms with Crippen molar-refractivity contribution in [2.75, 3.05) is 6.61 Å². The molecule has 1 aromatic rings. The number of ether oxygens (including phenoxy) is 1. The molecule has 0 amide bonds. The van der Waals surface area contributed by atoms with Crippen LogP contribution in [0.5, 0.6) is 5.75 Å². The van der Waals surface area contributed by atoms with Gasteiger partial charge in [0.25, 0.3) is 0 Å². The van der Waals surface area contributed by atoms with E-state index in [4.69, 9.17) is 10.00 Å². The minimum absolute atomic E-state index is 0.107. The van der Waals surface area contributed by atoms with Gasteiger partial charge < -0.3 is 10.1 Å². The first-order chi connectivity index (χ1) is 7.72. The standard InChI is InChI=1S/C13H16N2O/c1-13(6-7-13)15-10-11-2-4-12(5-3-11)16-9-8-14/h2-5,15H,6-7,9-10H2,1H3. The van der Waals surface area contributed by atoms with Crippen LogP contribution in [0, 0.1) is 11.3 Å². The Morgan fingerprint density at radius 1 is 1.38 bits per heavy atom. The first-order valence-electron chi connectivity index (χ1n) is 5.56. The van der Waals surface area contributed by atoms with E-state index in [-0.39, 0.29) is 6.61 Å². The van der Waals surface area contributed by atoms with Crippen molar-refractivity contribution in [2.45, 2.75) is 31.8 Å². The van der Waals surface area contributed by atoms with Gasteiger partial charge in [0, 0.05) is 12.1 Å². The molecule has 1 fully saturated rings. The second-order valence-electron chi connectivity index (χ2n) is 4.50. The van der Waals surface area contributed by atoms with E-state index in [1.165, 1.54) is 18.4 Å². The highest BCUT2D eigenvalue weighted by molar-refractivity contribution is 5.27. The molecule has 1 aliphatic rings. The molecule has 0 radical (unpaired) electrons. The van der Waals surface area contributed by atoms with E-state index in [0.717, 1.165) is 12.3 Å². The van der Waals surface area contributed by atoms with E-state index in [1.54, 1.807) is 0 Å². The van der Waals surface area contributed by atoms with Crippen LogP contribution in [0.3, 0.4) is 0 Å². The summed E-state index contributed by atoms with van der Waals surface area (Å²) in [6.45, 7) is 3.25.